The summed E-state index contributed by atoms with van der Waals surface area (Å²) in [5.74, 6) is -0.854. The minimum Gasteiger partial charge on any atom is -0.283 e. The summed E-state index contributed by atoms with van der Waals surface area (Å²) in [6, 6.07) is 17.6. The minimum atomic E-state index is -0.507. The summed E-state index contributed by atoms with van der Waals surface area (Å²) < 4.78 is 29.0. The Labute approximate surface area is 175 Å². The van der Waals surface area contributed by atoms with E-state index in [1.54, 1.807) is 41.0 Å². The molecule has 0 saturated heterocycles. The molecule has 0 atom stereocenters. The monoisotopic (exact) mass is 428 g/mol. The summed E-state index contributed by atoms with van der Waals surface area (Å²) in [4.78, 5) is 17.7. The van der Waals surface area contributed by atoms with Gasteiger partial charge in [-0.15, -0.1) is 0 Å². The molecule has 0 fully saturated rings. The van der Waals surface area contributed by atoms with Crippen LogP contribution in [0.25, 0.3) is 10.9 Å². The van der Waals surface area contributed by atoms with Crippen molar-refractivity contribution in [2.75, 3.05) is 0 Å². The normalized spacial score (nSPS) is 11.1. The zero-order valence-electron chi connectivity index (χ0n) is 15.1. The van der Waals surface area contributed by atoms with Gasteiger partial charge >= 0.3 is 0 Å². The number of aromatic nitrogens is 2. The van der Waals surface area contributed by atoms with E-state index in [0.717, 1.165) is 23.8 Å². The molecule has 146 valence electrons. The summed E-state index contributed by atoms with van der Waals surface area (Å²) in [6.45, 7) is 0.293. The lowest BCUT2D eigenvalue weighted by molar-refractivity contribution is 0.591. The second-order valence-electron chi connectivity index (χ2n) is 6.45. The first-order valence-electron chi connectivity index (χ1n) is 8.82. The number of hydrogen-bond donors (Lipinski definition) is 0. The van der Waals surface area contributed by atoms with Crippen LogP contribution >= 0.6 is 23.4 Å². The third kappa shape index (κ3) is 4.33. The molecule has 0 bridgehead atoms. The Morgan fingerprint density at radius 1 is 1.00 bits per heavy atom. The maximum Gasteiger partial charge on any atom is 0.262 e. The second-order valence-corrected chi connectivity index (χ2v) is 7.83. The van der Waals surface area contributed by atoms with Gasteiger partial charge in [0, 0.05) is 16.3 Å². The Morgan fingerprint density at radius 2 is 1.76 bits per heavy atom. The molecule has 3 nitrogen and oxygen atoms in total. The molecule has 0 aliphatic carbocycles. The SMILES string of the molecule is O=c1c2ccccc2nc(SCc2cc(F)ccc2F)n1Cc1ccc(Cl)cc1. The highest BCUT2D eigenvalue weighted by atomic mass is 35.5. The van der Waals surface area contributed by atoms with Crippen LogP contribution in [0.3, 0.4) is 0 Å². The Bertz CT molecular complexity index is 1240. The van der Waals surface area contributed by atoms with Crippen molar-refractivity contribution in [3.05, 3.63) is 105 Å². The zero-order valence-corrected chi connectivity index (χ0v) is 16.7. The molecule has 0 unspecified atom stereocenters. The van der Waals surface area contributed by atoms with Gasteiger partial charge in [0.2, 0.25) is 0 Å². The standard InChI is InChI=1S/C22H15ClF2N2OS/c23-16-7-5-14(6-8-16)12-27-21(28)18-3-1-2-4-20(18)26-22(27)29-13-15-11-17(24)9-10-19(15)25/h1-11H,12-13H2. The third-order valence-electron chi connectivity index (χ3n) is 4.45. The summed E-state index contributed by atoms with van der Waals surface area (Å²) >= 11 is 7.14. The van der Waals surface area contributed by atoms with Crippen LogP contribution < -0.4 is 5.56 Å². The van der Waals surface area contributed by atoms with Gasteiger partial charge in [0.15, 0.2) is 5.16 Å². The molecule has 0 spiro atoms. The van der Waals surface area contributed by atoms with Crippen molar-refractivity contribution in [2.24, 2.45) is 0 Å². The van der Waals surface area contributed by atoms with Gasteiger partial charge in [-0.3, -0.25) is 9.36 Å². The van der Waals surface area contributed by atoms with Gasteiger partial charge in [-0.2, -0.15) is 0 Å². The van der Waals surface area contributed by atoms with Crippen LogP contribution in [0.5, 0.6) is 0 Å². The molecular weight excluding hydrogens is 414 g/mol. The van der Waals surface area contributed by atoms with Gasteiger partial charge < -0.3 is 0 Å². The van der Waals surface area contributed by atoms with Gasteiger partial charge in [-0.1, -0.05) is 47.6 Å². The minimum absolute atomic E-state index is 0.148. The molecule has 4 rings (SSSR count). The maximum atomic E-state index is 14.0. The first-order chi connectivity index (χ1) is 14.0. The van der Waals surface area contributed by atoms with Crippen LogP contribution in [0.4, 0.5) is 8.78 Å². The smallest absolute Gasteiger partial charge is 0.262 e. The summed E-state index contributed by atoms with van der Waals surface area (Å²) in [5, 5.41) is 1.55. The topological polar surface area (TPSA) is 34.9 Å². The van der Waals surface area contributed by atoms with Gasteiger partial charge in [-0.05, 0) is 48.0 Å². The first-order valence-corrected chi connectivity index (χ1v) is 10.2. The maximum absolute atomic E-state index is 14.0. The number of thioether (sulfide) groups is 1. The van der Waals surface area contributed by atoms with Crippen LogP contribution in [0.1, 0.15) is 11.1 Å². The van der Waals surface area contributed by atoms with Gasteiger partial charge in [0.25, 0.3) is 5.56 Å². The van der Waals surface area contributed by atoms with Crippen LogP contribution in [0.2, 0.25) is 5.02 Å². The van der Waals surface area contributed by atoms with Gasteiger partial charge in [0.05, 0.1) is 17.4 Å². The van der Waals surface area contributed by atoms with Crippen molar-refractivity contribution < 1.29 is 8.78 Å². The number of hydrogen-bond acceptors (Lipinski definition) is 3. The summed E-state index contributed by atoms with van der Waals surface area (Å²) in [6.07, 6.45) is 0. The van der Waals surface area contributed by atoms with Crippen LogP contribution in [-0.2, 0) is 12.3 Å². The van der Waals surface area contributed by atoms with E-state index in [2.05, 4.69) is 4.98 Å². The zero-order chi connectivity index (χ0) is 20.4. The number of nitrogens with zero attached hydrogens (tertiary/aromatic N) is 2. The van der Waals surface area contributed by atoms with Crippen LogP contribution in [-0.4, -0.2) is 9.55 Å². The van der Waals surface area contributed by atoms with E-state index in [1.165, 1.54) is 11.8 Å². The van der Waals surface area contributed by atoms with E-state index in [4.69, 9.17) is 11.6 Å². The molecule has 0 saturated carbocycles. The molecule has 1 heterocycles. The van der Waals surface area contributed by atoms with E-state index in [1.807, 2.05) is 12.1 Å². The van der Waals surface area contributed by atoms with Crippen molar-refractivity contribution in [1.82, 2.24) is 9.55 Å². The highest BCUT2D eigenvalue weighted by Gasteiger charge is 2.14. The quantitative estimate of drug-likeness (QED) is 0.303. The van der Waals surface area contributed by atoms with Crippen molar-refractivity contribution in [3.8, 4) is 0 Å². The molecule has 0 aliphatic heterocycles. The molecule has 1 aromatic heterocycles. The second kappa shape index (κ2) is 8.35. The van der Waals surface area contributed by atoms with E-state index >= 15 is 0 Å². The van der Waals surface area contributed by atoms with Crippen molar-refractivity contribution in [1.29, 1.82) is 0 Å². The lowest BCUT2D eigenvalue weighted by Gasteiger charge is -2.13. The number of halogens is 3. The summed E-state index contributed by atoms with van der Waals surface area (Å²) in [5.41, 5.74) is 1.47. The van der Waals surface area contributed by atoms with Crippen LogP contribution in [0, 0.1) is 11.6 Å². The lowest BCUT2D eigenvalue weighted by atomic mass is 10.2. The Balaban J connectivity index is 1.75. The fourth-order valence-corrected chi connectivity index (χ4v) is 4.06. The van der Waals surface area contributed by atoms with Crippen molar-refractivity contribution in [2.45, 2.75) is 17.5 Å². The Morgan fingerprint density at radius 3 is 2.55 bits per heavy atom. The predicted octanol–water partition coefficient (Wildman–Crippen LogP) is 5.67. The molecule has 0 aliphatic rings. The van der Waals surface area contributed by atoms with Crippen LogP contribution in [0.15, 0.2) is 76.7 Å². The average molecular weight is 429 g/mol. The number of rotatable bonds is 5. The first kappa shape index (κ1) is 19.6. The number of benzene rings is 3. The summed E-state index contributed by atoms with van der Waals surface area (Å²) in [7, 11) is 0. The number of fused-ring (bicyclic) bond motifs is 1. The average Bonchev–Trinajstić information content (AvgIpc) is 2.72. The van der Waals surface area contributed by atoms with E-state index < -0.39 is 11.6 Å². The fraction of sp³-hybridized carbons (Fsp3) is 0.0909. The van der Waals surface area contributed by atoms with E-state index in [9.17, 15) is 13.6 Å². The predicted molar refractivity (Wildman–Crippen MR) is 112 cm³/mol. The largest absolute Gasteiger partial charge is 0.283 e. The van der Waals surface area contributed by atoms with Gasteiger partial charge in [-0.25, -0.2) is 13.8 Å². The molecule has 0 amide bonds. The van der Waals surface area contributed by atoms with E-state index in [-0.39, 0.29) is 16.9 Å². The lowest BCUT2D eigenvalue weighted by Crippen LogP contribution is -2.24. The number of para-hydroxylation sites is 1. The third-order valence-corrected chi connectivity index (χ3v) is 5.72. The van der Waals surface area contributed by atoms with E-state index in [0.29, 0.717) is 27.6 Å². The molecule has 0 N–H and O–H groups in total. The molecular formula is C22H15ClF2N2OS. The highest BCUT2D eigenvalue weighted by Crippen LogP contribution is 2.25. The molecule has 7 heteroatoms. The molecule has 3 aromatic carbocycles. The fourth-order valence-electron chi connectivity index (χ4n) is 2.97. The Kier molecular flexibility index (Phi) is 5.65. The van der Waals surface area contributed by atoms with Crippen molar-refractivity contribution in [3.63, 3.8) is 0 Å². The molecule has 0 radical (unpaired) electrons. The molecule has 29 heavy (non-hydrogen) atoms. The Hall–Kier alpha value is -2.70. The van der Waals surface area contributed by atoms with Crippen molar-refractivity contribution >= 4 is 34.3 Å². The van der Waals surface area contributed by atoms with Gasteiger partial charge in [0.1, 0.15) is 11.6 Å². The molecule has 4 aromatic rings. The highest BCUT2D eigenvalue weighted by molar-refractivity contribution is 7.98.